The fourth-order valence-corrected chi connectivity index (χ4v) is 4.23. The molecule has 0 radical (unpaired) electrons. The van der Waals surface area contributed by atoms with Crippen molar-refractivity contribution in [2.45, 2.75) is 50.4 Å². The summed E-state index contributed by atoms with van der Waals surface area (Å²) in [6, 6.07) is 8.90. The molecule has 0 aliphatic carbocycles. The predicted molar refractivity (Wildman–Crippen MR) is 107 cm³/mol. The Morgan fingerprint density at radius 1 is 1.10 bits per heavy atom. The molecule has 3 heterocycles. The van der Waals surface area contributed by atoms with E-state index in [1.807, 2.05) is 19.1 Å². The van der Waals surface area contributed by atoms with Crippen LogP contribution < -0.4 is 10.6 Å². The molecular weight excluding hydrogens is 403 g/mol. The van der Waals surface area contributed by atoms with Gasteiger partial charge in [0.25, 0.3) is 0 Å². The Morgan fingerprint density at radius 3 is 2.48 bits per heavy atom. The summed E-state index contributed by atoms with van der Waals surface area (Å²) < 4.78 is 38.4. The third-order valence-electron chi connectivity index (χ3n) is 5.69. The minimum Gasteiger partial charge on any atom is -0.354 e. The number of nitrogens with one attached hydrogen (secondary N) is 2. The molecule has 2 aliphatic rings. The maximum atomic E-state index is 12.8. The molecule has 156 valence electrons. The topological polar surface area (TPSA) is 54.0 Å². The van der Waals surface area contributed by atoms with Gasteiger partial charge in [-0.1, -0.05) is 12.1 Å². The highest BCUT2D eigenvalue weighted by Crippen LogP contribution is 2.38. The van der Waals surface area contributed by atoms with Gasteiger partial charge in [-0.2, -0.15) is 13.2 Å². The van der Waals surface area contributed by atoms with Crippen molar-refractivity contribution in [1.29, 1.82) is 0 Å². The largest absolute Gasteiger partial charge is 0.416 e. The molecule has 29 heavy (non-hydrogen) atoms. The van der Waals surface area contributed by atoms with Crippen LogP contribution in [-0.2, 0) is 11.0 Å². The number of halogens is 4. The van der Waals surface area contributed by atoms with Crippen molar-refractivity contribution in [3.63, 3.8) is 0 Å². The standard InChI is InChI=1S/C21H22F3N3O.ClH/c1-13-11-15(14-3-5-16(6-4-14)21(22,23)24)12-18(26-13)17-7-9-20(27-17)8-2-10-25-19(20)28;/h3-6,11-12,17,27H,2,7-10H2,1H3,(H,25,28);1H/t17-,20+;/m0./s1. The number of alkyl halides is 3. The van der Waals surface area contributed by atoms with Gasteiger partial charge >= 0.3 is 6.18 Å². The number of nitrogens with zero attached hydrogens (tertiary/aromatic N) is 1. The van der Waals surface area contributed by atoms with Crippen molar-refractivity contribution in [1.82, 2.24) is 15.6 Å². The number of aromatic nitrogens is 1. The Bertz CT molecular complexity index is 901. The molecule has 4 rings (SSSR count). The zero-order chi connectivity index (χ0) is 19.9. The molecule has 2 fully saturated rings. The molecule has 1 aromatic carbocycles. The Labute approximate surface area is 173 Å². The van der Waals surface area contributed by atoms with Crippen LogP contribution in [0.2, 0.25) is 0 Å². The summed E-state index contributed by atoms with van der Waals surface area (Å²) in [4.78, 5) is 17.0. The van der Waals surface area contributed by atoms with Gasteiger partial charge in [0, 0.05) is 12.2 Å². The van der Waals surface area contributed by atoms with E-state index in [1.165, 1.54) is 12.1 Å². The number of pyridine rings is 1. The van der Waals surface area contributed by atoms with Crippen LogP contribution in [0.15, 0.2) is 36.4 Å². The van der Waals surface area contributed by atoms with E-state index in [9.17, 15) is 18.0 Å². The van der Waals surface area contributed by atoms with Crippen LogP contribution in [0.5, 0.6) is 0 Å². The van der Waals surface area contributed by atoms with Crippen LogP contribution >= 0.6 is 12.4 Å². The molecule has 1 spiro atoms. The number of hydrogen-bond acceptors (Lipinski definition) is 3. The second kappa shape index (κ2) is 7.95. The van der Waals surface area contributed by atoms with Crippen LogP contribution in [-0.4, -0.2) is 23.0 Å². The monoisotopic (exact) mass is 425 g/mol. The molecule has 2 saturated heterocycles. The van der Waals surface area contributed by atoms with E-state index < -0.39 is 17.3 Å². The smallest absolute Gasteiger partial charge is 0.354 e. The van der Waals surface area contributed by atoms with Crippen LogP contribution in [0.4, 0.5) is 13.2 Å². The Hall–Kier alpha value is -2.12. The first-order valence-electron chi connectivity index (χ1n) is 9.49. The molecule has 2 atom stereocenters. The number of benzene rings is 1. The van der Waals surface area contributed by atoms with Crippen LogP contribution in [0.25, 0.3) is 11.1 Å². The van der Waals surface area contributed by atoms with Crippen molar-refractivity contribution >= 4 is 18.3 Å². The number of rotatable bonds is 2. The molecule has 1 amide bonds. The maximum absolute atomic E-state index is 12.8. The van der Waals surface area contributed by atoms with Gasteiger partial charge in [-0.25, -0.2) is 0 Å². The molecule has 2 aromatic rings. The van der Waals surface area contributed by atoms with E-state index in [0.29, 0.717) is 12.1 Å². The van der Waals surface area contributed by atoms with E-state index in [-0.39, 0.29) is 24.4 Å². The van der Waals surface area contributed by atoms with Gasteiger partial charge in [0.15, 0.2) is 0 Å². The maximum Gasteiger partial charge on any atom is 0.416 e. The van der Waals surface area contributed by atoms with Gasteiger partial charge in [-0.05, 0) is 68.0 Å². The van der Waals surface area contributed by atoms with Crippen LogP contribution in [0, 0.1) is 6.92 Å². The zero-order valence-electron chi connectivity index (χ0n) is 16.0. The normalized spacial score (nSPS) is 24.3. The van der Waals surface area contributed by atoms with Gasteiger partial charge < -0.3 is 5.32 Å². The number of hydrogen-bond donors (Lipinski definition) is 2. The number of amides is 1. The zero-order valence-corrected chi connectivity index (χ0v) is 16.8. The van der Waals surface area contributed by atoms with Crippen LogP contribution in [0.3, 0.4) is 0 Å². The molecule has 8 heteroatoms. The van der Waals surface area contributed by atoms with Gasteiger partial charge in [0.1, 0.15) is 0 Å². The number of piperidine rings is 1. The third kappa shape index (κ3) is 4.26. The van der Waals surface area contributed by atoms with E-state index in [2.05, 4.69) is 15.6 Å². The van der Waals surface area contributed by atoms with Crippen molar-refractivity contribution < 1.29 is 18.0 Å². The minimum atomic E-state index is -4.35. The highest BCUT2D eigenvalue weighted by molar-refractivity contribution is 5.87. The average molecular weight is 426 g/mol. The number of carbonyl (C=O) groups is 1. The first-order chi connectivity index (χ1) is 13.3. The molecule has 1 aromatic heterocycles. The van der Waals surface area contributed by atoms with E-state index in [1.54, 1.807) is 0 Å². The van der Waals surface area contributed by atoms with Crippen molar-refractivity contribution in [2.75, 3.05) is 6.54 Å². The summed E-state index contributed by atoms with van der Waals surface area (Å²) in [6.07, 6.45) is -1.03. The van der Waals surface area contributed by atoms with Gasteiger partial charge in [-0.3, -0.25) is 15.1 Å². The van der Waals surface area contributed by atoms with Crippen molar-refractivity contribution in [2.24, 2.45) is 0 Å². The lowest BCUT2D eigenvalue weighted by atomic mass is 9.88. The lowest BCUT2D eigenvalue weighted by Gasteiger charge is -2.33. The summed E-state index contributed by atoms with van der Waals surface area (Å²) in [7, 11) is 0. The summed E-state index contributed by atoms with van der Waals surface area (Å²) >= 11 is 0. The second-order valence-electron chi connectivity index (χ2n) is 7.67. The first kappa shape index (κ1) is 21.6. The summed E-state index contributed by atoms with van der Waals surface area (Å²) in [6.45, 7) is 2.59. The highest BCUT2D eigenvalue weighted by Gasteiger charge is 2.46. The van der Waals surface area contributed by atoms with Gasteiger partial charge in [0.2, 0.25) is 5.91 Å². The predicted octanol–water partition coefficient (Wildman–Crippen LogP) is 4.57. The highest BCUT2D eigenvalue weighted by atomic mass is 35.5. The lowest BCUT2D eigenvalue weighted by molar-refractivity contribution is -0.137. The number of carbonyl (C=O) groups excluding carboxylic acids is 1. The first-order valence-corrected chi connectivity index (χ1v) is 9.49. The van der Waals surface area contributed by atoms with Gasteiger partial charge in [0.05, 0.1) is 22.8 Å². The average Bonchev–Trinajstić information content (AvgIpc) is 3.08. The summed E-state index contributed by atoms with van der Waals surface area (Å²) in [5, 5.41) is 6.42. The molecule has 4 nitrogen and oxygen atoms in total. The summed E-state index contributed by atoms with van der Waals surface area (Å²) in [5.74, 6) is 0.0527. The van der Waals surface area contributed by atoms with Crippen molar-refractivity contribution in [3.05, 3.63) is 53.3 Å². The Balaban J connectivity index is 0.00000240. The fourth-order valence-electron chi connectivity index (χ4n) is 4.23. The lowest BCUT2D eigenvalue weighted by Crippen LogP contribution is -2.57. The quantitative estimate of drug-likeness (QED) is 0.741. The molecule has 2 aliphatic heterocycles. The minimum absolute atomic E-state index is 0. The molecule has 0 unspecified atom stereocenters. The SMILES string of the molecule is Cc1cc(-c2ccc(C(F)(F)F)cc2)cc([C@@H]2CC[C@@]3(CCCNC3=O)N2)n1.Cl. The van der Waals surface area contributed by atoms with Crippen LogP contribution in [0.1, 0.15) is 48.7 Å². The molecule has 0 bridgehead atoms. The number of aryl methyl sites for hydroxylation is 1. The second-order valence-corrected chi connectivity index (χ2v) is 7.67. The molecule has 2 N–H and O–H groups in total. The Kier molecular flexibility index (Phi) is 5.92. The van der Waals surface area contributed by atoms with Crippen molar-refractivity contribution in [3.8, 4) is 11.1 Å². The van der Waals surface area contributed by atoms with E-state index in [4.69, 9.17) is 0 Å². The third-order valence-corrected chi connectivity index (χ3v) is 5.69. The summed E-state index contributed by atoms with van der Waals surface area (Å²) in [5.41, 5.74) is 1.97. The van der Waals surface area contributed by atoms with Gasteiger partial charge in [-0.15, -0.1) is 12.4 Å². The Morgan fingerprint density at radius 2 is 1.83 bits per heavy atom. The molecule has 0 saturated carbocycles. The van der Waals surface area contributed by atoms with E-state index in [0.717, 1.165) is 54.8 Å². The fraction of sp³-hybridized carbons (Fsp3) is 0.429. The molecular formula is C21H23ClF3N3O. The van der Waals surface area contributed by atoms with E-state index >= 15 is 0 Å².